The highest BCUT2D eigenvalue weighted by atomic mass is 16.3. The summed E-state index contributed by atoms with van der Waals surface area (Å²) in [5, 5.41) is 16.3. The number of phenolic OH excluding ortho intramolecular Hbond substituents is 1. The first-order valence-electron chi connectivity index (χ1n) is 6.55. The molecule has 0 bridgehead atoms. The number of benzene rings is 1. The van der Waals surface area contributed by atoms with Crippen molar-refractivity contribution in [2.24, 2.45) is 7.05 Å². The molecule has 0 saturated carbocycles. The van der Waals surface area contributed by atoms with E-state index in [4.69, 9.17) is 0 Å². The molecule has 1 heterocycles. The number of hydrogen-bond acceptors (Lipinski definition) is 3. The molecule has 1 amide bonds. The molecule has 2 aromatic rings. The van der Waals surface area contributed by atoms with Crippen molar-refractivity contribution in [3.63, 3.8) is 0 Å². The third-order valence-electron chi connectivity index (χ3n) is 3.37. The third-order valence-corrected chi connectivity index (χ3v) is 3.37. The van der Waals surface area contributed by atoms with Crippen LogP contribution in [0.4, 0.5) is 0 Å². The number of aryl methyl sites for hydroxylation is 2. The number of nitrogens with zero attached hydrogens (tertiary/aromatic N) is 2. The number of aromatic hydroxyl groups is 1. The predicted molar refractivity (Wildman–Crippen MR) is 76.8 cm³/mol. The average molecular weight is 273 g/mol. The van der Waals surface area contributed by atoms with Crippen LogP contribution in [0.3, 0.4) is 0 Å². The number of hydrogen-bond donors (Lipinski definition) is 2. The molecule has 0 fully saturated rings. The lowest BCUT2D eigenvalue weighted by molar-refractivity contribution is 0.0953. The molecule has 0 aliphatic heterocycles. The largest absolute Gasteiger partial charge is 0.508 e. The van der Waals surface area contributed by atoms with E-state index in [1.54, 1.807) is 16.8 Å². The van der Waals surface area contributed by atoms with Gasteiger partial charge in [-0.25, -0.2) is 0 Å². The first kappa shape index (κ1) is 14.1. The van der Waals surface area contributed by atoms with Crippen LogP contribution in [0.15, 0.2) is 24.3 Å². The quantitative estimate of drug-likeness (QED) is 0.891. The van der Waals surface area contributed by atoms with Crippen molar-refractivity contribution in [1.29, 1.82) is 0 Å². The number of carbonyl (C=O) groups excluding carboxylic acids is 1. The molecule has 0 spiro atoms. The van der Waals surface area contributed by atoms with Crippen LogP contribution in [0.25, 0.3) is 0 Å². The van der Waals surface area contributed by atoms with Crippen molar-refractivity contribution in [3.8, 4) is 5.75 Å². The number of nitrogens with one attached hydrogen (secondary N) is 1. The van der Waals surface area contributed by atoms with E-state index in [0.29, 0.717) is 12.1 Å². The molecule has 0 aliphatic carbocycles. The monoisotopic (exact) mass is 273 g/mol. The van der Waals surface area contributed by atoms with Crippen molar-refractivity contribution in [2.75, 3.05) is 6.54 Å². The van der Waals surface area contributed by atoms with E-state index in [1.807, 2.05) is 33.0 Å². The third kappa shape index (κ3) is 2.99. The van der Waals surface area contributed by atoms with Gasteiger partial charge in [-0.1, -0.05) is 12.1 Å². The zero-order valence-electron chi connectivity index (χ0n) is 12.0. The molecule has 106 valence electrons. The molecule has 5 heteroatoms. The fourth-order valence-electron chi connectivity index (χ4n) is 2.17. The van der Waals surface area contributed by atoms with Crippen molar-refractivity contribution >= 4 is 5.91 Å². The van der Waals surface area contributed by atoms with Crippen molar-refractivity contribution in [3.05, 3.63) is 46.8 Å². The Hall–Kier alpha value is -2.30. The van der Waals surface area contributed by atoms with Crippen LogP contribution in [0, 0.1) is 13.8 Å². The molecule has 2 N–H and O–H groups in total. The van der Waals surface area contributed by atoms with Crippen LogP contribution in [-0.4, -0.2) is 27.3 Å². The second-order valence-electron chi connectivity index (χ2n) is 4.84. The van der Waals surface area contributed by atoms with Gasteiger partial charge in [0.1, 0.15) is 5.75 Å². The fraction of sp³-hybridized carbons (Fsp3) is 0.333. The first-order valence-corrected chi connectivity index (χ1v) is 6.55. The molecular formula is C15H19N3O2. The lowest BCUT2D eigenvalue weighted by Gasteiger charge is -2.06. The molecule has 2 rings (SSSR count). The molecule has 0 unspecified atom stereocenters. The van der Waals surface area contributed by atoms with E-state index in [9.17, 15) is 9.90 Å². The molecule has 0 atom stereocenters. The Morgan fingerprint density at radius 3 is 2.50 bits per heavy atom. The van der Waals surface area contributed by atoms with Gasteiger partial charge in [0.05, 0.1) is 11.3 Å². The predicted octanol–water partition coefficient (Wildman–Crippen LogP) is 1.72. The highest BCUT2D eigenvalue weighted by molar-refractivity contribution is 5.96. The number of amides is 1. The summed E-state index contributed by atoms with van der Waals surface area (Å²) in [6.45, 7) is 4.27. The van der Waals surface area contributed by atoms with Gasteiger partial charge in [0.2, 0.25) is 0 Å². The molecular weight excluding hydrogens is 254 g/mol. The molecule has 5 nitrogen and oxygen atoms in total. The summed E-state index contributed by atoms with van der Waals surface area (Å²) in [6.07, 6.45) is 0.727. The first-order chi connectivity index (χ1) is 9.49. The van der Waals surface area contributed by atoms with Gasteiger partial charge in [-0.15, -0.1) is 0 Å². The summed E-state index contributed by atoms with van der Waals surface area (Å²) >= 11 is 0. The molecule has 1 aromatic heterocycles. The van der Waals surface area contributed by atoms with Crippen molar-refractivity contribution in [1.82, 2.24) is 15.1 Å². The smallest absolute Gasteiger partial charge is 0.255 e. The van der Waals surface area contributed by atoms with Crippen LogP contribution in [0.5, 0.6) is 5.75 Å². The lowest BCUT2D eigenvalue weighted by atomic mass is 10.1. The van der Waals surface area contributed by atoms with Crippen LogP contribution in [0.1, 0.15) is 27.3 Å². The Labute approximate surface area is 118 Å². The van der Waals surface area contributed by atoms with E-state index in [-0.39, 0.29) is 11.7 Å². The van der Waals surface area contributed by atoms with Gasteiger partial charge >= 0.3 is 0 Å². The Morgan fingerprint density at radius 2 is 1.95 bits per heavy atom. The number of rotatable bonds is 4. The van der Waals surface area contributed by atoms with Crippen LogP contribution >= 0.6 is 0 Å². The van der Waals surface area contributed by atoms with Gasteiger partial charge in [-0.2, -0.15) is 5.10 Å². The van der Waals surface area contributed by atoms with Crippen LogP contribution < -0.4 is 5.32 Å². The van der Waals surface area contributed by atoms with Crippen LogP contribution in [0.2, 0.25) is 0 Å². The van der Waals surface area contributed by atoms with Crippen LogP contribution in [-0.2, 0) is 13.5 Å². The minimum absolute atomic E-state index is 0.0909. The lowest BCUT2D eigenvalue weighted by Crippen LogP contribution is -2.26. The standard InChI is InChI=1S/C15H19N3O2/c1-10-14(11(2)18(3)17-10)15(20)16-9-8-12-4-6-13(19)7-5-12/h4-7,19H,8-9H2,1-3H3,(H,16,20). The van der Waals surface area contributed by atoms with E-state index >= 15 is 0 Å². The summed E-state index contributed by atoms with van der Waals surface area (Å²) in [7, 11) is 1.83. The number of carbonyl (C=O) groups is 1. The maximum Gasteiger partial charge on any atom is 0.255 e. The highest BCUT2D eigenvalue weighted by Crippen LogP contribution is 2.12. The van der Waals surface area contributed by atoms with E-state index in [0.717, 1.165) is 23.4 Å². The maximum absolute atomic E-state index is 12.1. The summed E-state index contributed by atoms with van der Waals surface area (Å²) < 4.78 is 1.71. The van der Waals surface area contributed by atoms with E-state index in [1.165, 1.54) is 0 Å². The van der Waals surface area contributed by atoms with Gasteiger partial charge < -0.3 is 10.4 Å². The van der Waals surface area contributed by atoms with Gasteiger partial charge in [-0.05, 0) is 38.0 Å². The second-order valence-corrected chi connectivity index (χ2v) is 4.84. The van der Waals surface area contributed by atoms with Gasteiger partial charge in [-0.3, -0.25) is 9.48 Å². The minimum atomic E-state index is -0.0909. The number of aromatic nitrogens is 2. The van der Waals surface area contributed by atoms with E-state index < -0.39 is 0 Å². The molecule has 20 heavy (non-hydrogen) atoms. The van der Waals surface area contributed by atoms with E-state index in [2.05, 4.69) is 10.4 Å². The summed E-state index contributed by atoms with van der Waals surface area (Å²) in [5.74, 6) is 0.159. The topological polar surface area (TPSA) is 67.2 Å². The normalized spacial score (nSPS) is 10.6. The fourth-order valence-corrected chi connectivity index (χ4v) is 2.17. The summed E-state index contributed by atoms with van der Waals surface area (Å²) in [6, 6.07) is 6.99. The van der Waals surface area contributed by atoms with Crippen molar-refractivity contribution in [2.45, 2.75) is 20.3 Å². The zero-order chi connectivity index (χ0) is 14.7. The Balaban J connectivity index is 1.94. The minimum Gasteiger partial charge on any atom is -0.508 e. The molecule has 0 radical (unpaired) electrons. The summed E-state index contributed by atoms with van der Waals surface area (Å²) in [5.41, 5.74) is 3.33. The number of phenols is 1. The van der Waals surface area contributed by atoms with Gasteiger partial charge in [0.15, 0.2) is 0 Å². The van der Waals surface area contributed by atoms with Crippen molar-refractivity contribution < 1.29 is 9.90 Å². The summed E-state index contributed by atoms with van der Waals surface area (Å²) in [4.78, 5) is 12.1. The van der Waals surface area contributed by atoms with Gasteiger partial charge in [0, 0.05) is 19.3 Å². The Kier molecular flexibility index (Phi) is 4.08. The second kappa shape index (κ2) is 5.77. The zero-order valence-corrected chi connectivity index (χ0v) is 12.0. The SMILES string of the molecule is Cc1nn(C)c(C)c1C(=O)NCCc1ccc(O)cc1. The molecule has 0 saturated heterocycles. The Bertz CT molecular complexity index is 615. The maximum atomic E-state index is 12.1. The Morgan fingerprint density at radius 1 is 1.30 bits per heavy atom. The molecule has 1 aromatic carbocycles. The average Bonchev–Trinajstić information content (AvgIpc) is 2.65. The van der Waals surface area contributed by atoms with Gasteiger partial charge in [0.25, 0.3) is 5.91 Å². The highest BCUT2D eigenvalue weighted by Gasteiger charge is 2.16. The molecule has 0 aliphatic rings.